The second kappa shape index (κ2) is 10.7. The van der Waals surface area contributed by atoms with Crippen LogP contribution in [0.5, 0.6) is 23.0 Å². The van der Waals surface area contributed by atoms with Gasteiger partial charge in [-0.2, -0.15) is 0 Å². The fraction of sp³-hybridized carbons (Fsp3) is 0.296. The van der Waals surface area contributed by atoms with E-state index in [1.165, 1.54) is 5.56 Å². The first kappa shape index (κ1) is 23.2. The summed E-state index contributed by atoms with van der Waals surface area (Å²) in [6.07, 6.45) is 3.19. The number of aryl methyl sites for hydroxylation is 2. The van der Waals surface area contributed by atoms with Crippen LogP contribution in [0.2, 0.25) is 0 Å². The van der Waals surface area contributed by atoms with Crippen LogP contribution in [0.15, 0.2) is 48.5 Å². The van der Waals surface area contributed by atoms with Crippen molar-refractivity contribution in [1.82, 2.24) is 0 Å². The minimum Gasteiger partial charge on any atom is -0.492 e. The third-order valence-corrected chi connectivity index (χ3v) is 5.75. The summed E-state index contributed by atoms with van der Waals surface area (Å²) in [5.41, 5.74) is 5.85. The average Bonchev–Trinajstić information content (AvgIpc) is 2.84. The van der Waals surface area contributed by atoms with Gasteiger partial charge in [-0.15, -0.1) is 0 Å². The number of ether oxygens (including phenoxy) is 4. The molecule has 0 fully saturated rings. The summed E-state index contributed by atoms with van der Waals surface area (Å²) in [6.45, 7) is 1.97. The molecule has 3 rings (SSSR count). The van der Waals surface area contributed by atoms with E-state index < -0.39 is 0 Å². The van der Waals surface area contributed by atoms with Crippen molar-refractivity contribution in [2.45, 2.75) is 26.2 Å². The largest absolute Gasteiger partial charge is 0.492 e. The Labute approximate surface area is 189 Å². The normalized spacial score (nSPS) is 10.5. The Morgan fingerprint density at radius 1 is 0.719 bits per heavy atom. The van der Waals surface area contributed by atoms with Gasteiger partial charge < -0.3 is 18.9 Å². The lowest BCUT2D eigenvalue weighted by atomic mass is 9.93. The van der Waals surface area contributed by atoms with Gasteiger partial charge in [0.25, 0.3) is 0 Å². The Bertz CT molecular complexity index is 1070. The molecule has 0 saturated heterocycles. The molecule has 0 bridgehead atoms. The summed E-state index contributed by atoms with van der Waals surface area (Å²) in [5.74, 6) is 2.19. The molecule has 168 valence electrons. The molecule has 5 heteroatoms. The lowest BCUT2D eigenvalue weighted by Gasteiger charge is -2.22. The Hall–Kier alpha value is -3.47. The summed E-state index contributed by atoms with van der Waals surface area (Å²) in [4.78, 5) is 11.8. The molecule has 0 N–H and O–H groups in total. The van der Waals surface area contributed by atoms with Crippen molar-refractivity contribution in [3.05, 3.63) is 81.9 Å². The molecule has 0 radical (unpaired) electrons. The molecule has 0 aliphatic carbocycles. The van der Waals surface area contributed by atoms with Crippen LogP contribution < -0.4 is 18.9 Å². The second-order valence-corrected chi connectivity index (χ2v) is 7.55. The average molecular weight is 435 g/mol. The van der Waals surface area contributed by atoms with E-state index in [0.717, 1.165) is 41.4 Å². The second-order valence-electron chi connectivity index (χ2n) is 7.55. The van der Waals surface area contributed by atoms with Crippen molar-refractivity contribution in [2.24, 2.45) is 0 Å². The van der Waals surface area contributed by atoms with Gasteiger partial charge in [0.05, 0.1) is 28.4 Å². The van der Waals surface area contributed by atoms with Crippen molar-refractivity contribution < 1.29 is 23.7 Å². The molecule has 3 aromatic rings. The fourth-order valence-corrected chi connectivity index (χ4v) is 4.09. The van der Waals surface area contributed by atoms with Crippen LogP contribution >= 0.6 is 0 Å². The predicted molar refractivity (Wildman–Crippen MR) is 126 cm³/mol. The van der Waals surface area contributed by atoms with E-state index in [0.29, 0.717) is 35.0 Å². The third kappa shape index (κ3) is 4.72. The number of aldehydes is 1. The highest BCUT2D eigenvalue weighted by molar-refractivity contribution is 5.78. The van der Waals surface area contributed by atoms with E-state index in [4.69, 9.17) is 18.9 Å². The maximum Gasteiger partial charge on any atom is 0.207 e. The van der Waals surface area contributed by atoms with Crippen molar-refractivity contribution in [3.63, 3.8) is 0 Å². The van der Waals surface area contributed by atoms with Gasteiger partial charge in [0.1, 0.15) is 6.29 Å². The molecule has 5 nitrogen and oxygen atoms in total. The highest BCUT2D eigenvalue weighted by Crippen LogP contribution is 2.49. The van der Waals surface area contributed by atoms with E-state index in [1.54, 1.807) is 28.4 Å². The minimum absolute atomic E-state index is 0.488. The van der Waals surface area contributed by atoms with E-state index in [-0.39, 0.29) is 0 Å². The van der Waals surface area contributed by atoms with Crippen LogP contribution in [-0.4, -0.2) is 34.7 Å². The number of rotatable bonds is 10. The SMILES string of the molecule is COc1c(C)c(Cc2ccc(CCc3ccccc3)c(C=O)c2)c(OC)c(OC)c1OC. The fourth-order valence-electron chi connectivity index (χ4n) is 4.09. The summed E-state index contributed by atoms with van der Waals surface area (Å²) in [5, 5.41) is 0. The van der Waals surface area contributed by atoms with Crippen LogP contribution in [0.3, 0.4) is 0 Å². The maximum absolute atomic E-state index is 11.8. The van der Waals surface area contributed by atoms with Crippen molar-refractivity contribution in [2.75, 3.05) is 28.4 Å². The Morgan fingerprint density at radius 2 is 1.34 bits per heavy atom. The Morgan fingerprint density at radius 3 is 1.94 bits per heavy atom. The standard InChI is InChI=1S/C27H30O5/c1-18-23(25(30-3)27(32-5)26(31-4)24(18)29-2)16-20-12-14-21(22(15-20)17-28)13-11-19-9-7-6-8-10-19/h6-10,12,14-15,17H,11,13,16H2,1-5H3. The monoisotopic (exact) mass is 434 g/mol. The Kier molecular flexibility index (Phi) is 7.77. The van der Waals surface area contributed by atoms with Crippen LogP contribution in [-0.2, 0) is 19.3 Å². The maximum atomic E-state index is 11.8. The lowest BCUT2D eigenvalue weighted by Crippen LogP contribution is -2.06. The molecule has 0 heterocycles. The molecular weight excluding hydrogens is 404 g/mol. The number of methoxy groups -OCH3 is 4. The lowest BCUT2D eigenvalue weighted by molar-refractivity contribution is 0.112. The first-order chi connectivity index (χ1) is 15.6. The number of hydrogen-bond acceptors (Lipinski definition) is 5. The zero-order valence-corrected chi connectivity index (χ0v) is 19.4. The topological polar surface area (TPSA) is 54.0 Å². The van der Waals surface area contributed by atoms with Gasteiger partial charge in [0, 0.05) is 23.1 Å². The molecular formula is C27H30O5. The molecule has 0 aliphatic heterocycles. The van der Waals surface area contributed by atoms with Gasteiger partial charge in [-0.3, -0.25) is 4.79 Å². The van der Waals surface area contributed by atoms with Crippen molar-refractivity contribution >= 4 is 6.29 Å². The van der Waals surface area contributed by atoms with E-state index >= 15 is 0 Å². The zero-order chi connectivity index (χ0) is 23.1. The molecule has 0 aliphatic rings. The smallest absolute Gasteiger partial charge is 0.207 e. The van der Waals surface area contributed by atoms with Gasteiger partial charge in [-0.25, -0.2) is 0 Å². The minimum atomic E-state index is 0.488. The first-order valence-corrected chi connectivity index (χ1v) is 10.5. The number of benzene rings is 3. The van der Waals surface area contributed by atoms with Gasteiger partial charge in [-0.05, 0) is 42.5 Å². The number of hydrogen-bond donors (Lipinski definition) is 0. The van der Waals surface area contributed by atoms with Gasteiger partial charge in [-0.1, -0.05) is 42.5 Å². The summed E-state index contributed by atoms with van der Waals surface area (Å²) >= 11 is 0. The molecule has 32 heavy (non-hydrogen) atoms. The van der Waals surface area contributed by atoms with Crippen molar-refractivity contribution in [3.8, 4) is 23.0 Å². The molecule has 0 unspecified atom stereocenters. The molecule has 0 spiro atoms. The summed E-state index contributed by atoms with van der Waals surface area (Å²) in [6, 6.07) is 16.3. The molecule has 0 saturated carbocycles. The molecule has 3 aromatic carbocycles. The number of carbonyl (C=O) groups excluding carboxylic acids is 1. The predicted octanol–water partition coefficient (Wildman–Crippen LogP) is 5.22. The number of carbonyl (C=O) groups is 1. The molecule has 0 amide bonds. The van der Waals surface area contributed by atoms with E-state index in [2.05, 4.69) is 18.2 Å². The first-order valence-electron chi connectivity index (χ1n) is 10.5. The highest BCUT2D eigenvalue weighted by Gasteiger charge is 2.25. The van der Waals surface area contributed by atoms with Crippen molar-refractivity contribution in [1.29, 1.82) is 0 Å². The van der Waals surface area contributed by atoms with Crippen LogP contribution in [0.4, 0.5) is 0 Å². The molecule has 0 atom stereocenters. The quantitative estimate of drug-likeness (QED) is 0.410. The van der Waals surface area contributed by atoms with Gasteiger partial charge in [0.15, 0.2) is 11.5 Å². The van der Waals surface area contributed by atoms with E-state index in [1.807, 2.05) is 37.3 Å². The Balaban J connectivity index is 1.95. The third-order valence-electron chi connectivity index (χ3n) is 5.75. The van der Waals surface area contributed by atoms with Crippen LogP contribution in [0.25, 0.3) is 0 Å². The summed E-state index contributed by atoms with van der Waals surface area (Å²) < 4.78 is 22.4. The molecule has 0 aromatic heterocycles. The van der Waals surface area contributed by atoms with E-state index in [9.17, 15) is 4.79 Å². The highest BCUT2D eigenvalue weighted by atomic mass is 16.5. The van der Waals surface area contributed by atoms with Gasteiger partial charge >= 0.3 is 0 Å². The zero-order valence-electron chi connectivity index (χ0n) is 19.4. The van der Waals surface area contributed by atoms with Crippen LogP contribution in [0, 0.1) is 6.92 Å². The summed E-state index contributed by atoms with van der Waals surface area (Å²) in [7, 11) is 6.36. The van der Waals surface area contributed by atoms with Gasteiger partial charge in [0.2, 0.25) is 11.5 Å². The van der Waals surface area contributed by atoms with Crippen LogP contribution in [0.1, 0.15) is 38.2 Å².